The molecule has 0 amide bonds. The summed E-state index contributed by atoms with van der Waals surface area (Å²) in [4.78, 5) is 0. The molecule has 0 fully saturated rings. The summed E-state index contributed by atoms with van der Waals surface area (Å²) >= 11 is 0. The van der Waals surface area contributed by atoms with Crippen LogP contribution in [0.2, 0.25) is 0 Å². The quantitative estimate of drug-likeness (QED) is 0.483. The maximum absolute atomic E-state index is 5.95. The van der Waals surface area contributed by atoms with Crippen LogP contribution >= 0.6 is 0 Å². The third kappa shape index (κ3) is 4.12. The van der Waals surface area contributed by atoms with Crippen molar-refractivity contribution in [1.29, 1.82) is 0 Å². The van der Waals surface area contributed by atoms with Gasteiger partial charge in [0.25, 0.3) is 0 Å². The molecule has 140 valence electrons. The van der Waals surface area contributed by atoms with Crippen molar-refractivity contribution in [1.82, 2.24) is 10.2 Å². The molecule has 0 bridgehead atoms. The lowest BCUT2D eigenvalue weighted by molar-refractivity contribution is 0.415. The van der Waals surface area contributed by atoms with Crippen LogP contribution < -0.4 is 14.8 Å². The van der Waals surface area contributed by atoms with E-state index in [1.165, 1.54) is 0 Å². The molecule has 28 heavy (non-hydrogen) atoms. The largest absolute Gasteiger partial charge is 0.497 e. The Bertz CT molecular complexity index is 1030. The van der Waals surface area contributed by atoms with E-state index >= 15 is 0 Å². The van der Waals surface area contributed by atoms with Gasteiger partial charge in [0.15, 0.2) is 5.75 Å². The first kappa shape index (κ1) is 17.6. The van der Waals surface area contributed by atoms with E-state index in [-0.39, 0.29) is 0 Å². The molecule has 0 aliphatic carbocycles. The fraction of sp³-hybridized carbons (Fsp3) is 0.0909. The Hall–Kier alpha value is -3.80. The highest BCUT2D eigenvalue weighted by Gasteiger charge is 2.10. The van der Waals surface area contributed by atoms with E-state index in [0.29, 0.717) is 18.3 Å². The molecule has 0 radical (unpaired) electrons. The van der Waals surface area contributed by atoms with Gasteiger partial charge in [-0.05, 0) is 48.5 Å². The van der Waals surface area contributed by atoms with Gasteiger partial charge < -0.3 is 19.2 Å². The van der Waals surface area contributed by atoms with Crippen molar-refractivity contribution in [2.24, 2.45) is 0 Å². The molecular weight excluding hydrogens is 354 g/mol. The number of para-hydroxylation sites is 3. The summed E-state index contributed by atoms with van der Waals surface area (Å²) in [7, 11) is 1.63. The van der Waals surface area contributed by atoms with Gasteiger partial charge in [-0.3, -0.25) is 0 Å². The summed E-state index contributed by atoms with van der Waals surface area (Å²) in [5.41, 5.74) is 1.68. The molecule has 1 N–H and O–H groups in total. The smallest absolute Gasteiger partial charge is 0.247 e. The van der Waals surface area contributed by atoms with Gasteiger partial charge in [0.05, 0.1) is 19.3 Å². The molecule has 6 heteroatoms. The number of hydrogen-bond donors (Lipinski definition) is 1. The van der Waals surface area contributed by atoms with Gasteiger partial charge in [0.2, 0.25) is 11.8 Å². The topological polar surface area (TPSA) is 69.4 Å². The maximum Gasteiger partial charge on any atom is 0.247 e. The number of benzene rings is 3. The lowest BCUT2D eigenvalue weighted by Crippen LogP contribution is -2.01. The Balaban J connectivity index is 1.44. The van der Waals surface area contributed by atoms with Crippen LogP contribution in [0, 0.1) is 0 Å². The normalized spacial score (nSPS) is 10.5. The molecule has 0 unspecified atom stereocenters. The summed E-state index contributed by atoms with van der Waals surface area (Å²) in [5.74, 6) is 3.23. The van der Waals surface area contributed by atoms with Crippen molar-refractivity contribution in [3.05, 3.63) is 84.8 Å². The molecule has 4 aromatic rings. The third-order valence-corrected chi connectivity index (χ3v) is 4.09. The Morgan fingerprint density at radius 3 is 2.36 bits per heavy atom. The van der Waals surface area contributed by atoms with Gasteiger partial charge in [-0.25, -0.2) is 0 Å². The summed E-state index contributed by atoms with van der Waals surface area (Å²) in [6.07, 6.45) is 0. The highest BCUT2D eigenvalue weighted by Crippen LogP contribution is 2.29. The monoisotopic (exact) mass is 373 g/mol. The van der Waals surface area contributed by atoms with E-state index < -0.39 is 0 Å². The summed E-state index contributed by atoms with van der Waals surface area (Å²) in [6.45, 7) is 0.387. The fourth-order valence-electron chi connectivity index (χ4n) is 2.66. The molecule has 0 aliphatic rings. The van der Waals surface area contributed by atoms with E-state index in [0.717, 1.165) is 28.5 Å². The zero-order valence-corrected chi connectivity index (χ0v) is 15.3. The number of anilines is 1. The van der Waals surface area contributed by atoms with E-state index in [4.69, 9.17) is 13.9 Å². The molecule has 6 nitrogen and oxygen atoms in total. The first-order chi connectivity index (χ1) is 13.8. The Labute approximate surface area is 162 Å². The molecule has 3 aromatic carbocycles. The van der Waals surface area contributed by atoms with Crippen molar-refractivity contribution < 1.29 is 13.9 Å². The Kier molecular flexibility index (Phi) is 5.20. The minimum atomic E-state index is 0.387. The molecule has 1 heterocycles. The van der Waals surface area contributed by atoms with Crippen LogP contribution in [-0.4, -0.2) is 17.3 Å². The van der Waals surface area contributed by atoms with Crippen molar-refractivity contribution in [2.75, 3.05) is 12.4 Å². The predicted octanol–water partition coefficient (Wildman–Crippen LogP) is 5.15. The van der Waals surface area contributed by atoms with Crippen LogP contribution in [0.5, 0.6) is 17.2 Å². The minimum absolute atomic E-state index is 0.387. The molecule has 0 spiro atoms. The van der Waals surface area contributed by atoms with E-state index in [2.05, 4.69) is 15.5 Å². The van der Waals surface area contributed by atoms with Gasteiger partial charge in [-0.15, -0.1) is 10.2 Å². The van der Waals surface area contributed by atoms with Crippen LogP contribution in [-0.2, 0) is 6.54 Å². The zero-order chi connectivity index (χ0) is 19.2. The Morgan fingerprint density at radius 1 is 0.821 bits per heavy atom. The van der Waals surface area contributed by atoms with Crippen molar-refractivity contribution in [3.8, 4) is 28.7 Å². The number of nitrogens with one attached hydrogen (secondary N) is 1. The Morgan fingerprint density at radius 2 is 1.57 bits per heavy atom. The van der Waals surface area contributed by atoms with Gasteiger partial charge in [-0.1, -0.05) is 30.3 Å². The van der Waals surface area contributed by atoms with Crippen LogP contribution in [0.15, 0.2) is 83.3 Å². The highest BCUT2D eigenvalue weighted by atomic mass is 16.5. The molecule has 0 aliphatic heterocycles. The zero-order valence-electron chi connectivity index (χ0n) is 15.3. The molecular formula is C22H19N3O3. The average molecular weight is 373 g/mol. The number of rotatable bonds is 7. The second-order valence-electron chi connectivity index (χ2n) is 5.99. The number of methoxy groups -OCH3 is 1. The summed E-state index contributed by atoms with van der Waals surface area (Å²) in [5, 5.41) is 11.5. The first-order valence-corrected chi connectivity index (χ1v) is 8.84. The first-order valence-electron chi connectivity index (χ1n) is 8.84. The number of hydrogen-bond acceptors (Lipinski definition) is 6. The van der Waals surface area contributed by atoms with Crippen LogP contribution in [0.1, 0.15) is 5.89 Å². The summed E-state index contributed by atoms with van der Waals surface area (Å²) < 4.78 is 16.9. The maximum atomic E-state index is 5.95. The number of ether oxygens (including phenoxy) is 2. The van der Waals surface area contributed by atoms with Crippen LogP contribution in [0.25, 0.3) is 11.5 Å². The van der Waals surface area contributed by atoms with Crippen molar-refractivity contribution in [2.45, 2.75) is 6.54 Å². The summed E-state index contributed by atoms with van der Waals surface area (Å²) in [6, 6.07) is 24.8. The highest BCUT2D eigenvalue weighted by molar-refractivity contribution is 5.57. The van der Waals surface area contributed by atoms with E-state index in [1.54, 1.807) is 7.11 Å². The fourth-order valence-corrected chi connectivity index (χ4v) is 2.66. The predicted molar refractivity (Wildman–Crippen MR) is 107 cm³/mol. The lowest BCUT2D eigenvalue weighted by atomic mass is 10.2. The number of nitrogens with zero attached hydrogens (tertiary/aromatic N) is 2. The molecule has 4 rings (SSSR count). The molecule has 1 aromatic heterocycles. The molecule has 0 saturated heterocycles. The van der Waals surface area contributed by atoms with Gasteiger partial charge >= 0.3 is 0 Å². The van der Waals surface area contributed by atoms with Crippen LogP contribution in [0.4, 0.5) is 5.69 Å². The standard InChI is InChI=1S/C22H19N3O3/c1-26-17-13-11-16(12-14-17)22-25-24-21(28-22)15-23-19-9-5-6-10-20(19)27-18-7-3-2-4-8-18/h2-14,23H,15H2,1H3. The van der Waals surface area contributed by atoms with Gasteiger partial charge in [0, 0.05) is 5.56 Å². The van der Waals surface area contributed by atoms with Gasteiger partial charge in [-0.2, -0.15) is 0 Å². The molecule has 0 atom stereocenters. The SMILES string of the molecule is COc1ccc(-c2nnc(CNc3ccccc3Oc3ccccc3)o2)cc1. The minimum Gasteiger partial charge on any atom is -0.497 e. The van der Waals surface area contributed by atoms with Crippen molar-refractivity contribution >= 4 is 5.69 Å². The van der Waals surface area contributed by atoms with E-state index in [9.17, 15) is 0 Å². The van der Waals surface area contributed by atoms with Crippen molar-refractivity contribution in [3.63, 3.8) is 0 Å². The average Bonchev–Trinajstić information content (AvgIpc) is 3.23. The van der Waals surface area contributed by atoms with E-state index in [1.807, 2.05) is 78.9 Å². The lowest BCUT2D eigenvalue weighted by Gasteiger charge is -2.11. The van der Waals surface area contributed by atoms with Crippen LogP contribution in [0.3, 0.4) is 0 Å². The third-order valence-electron chi connectivity index (χ3n) is 4.09. The van der Waals surface area contributed by atoms with Gasteiger partial charge in [0.1, 0.15) is 11.5 Å². The second-order valence-corrected chi connectivity index (χ2v) is 5.99. The molecule has 0 saturated carbocycles. The number of aromatic nitrogens is 2. The second kappa shape index (κ2) is 8.26.